The average molecular weight is 254 g/mol. The van der Waals surface area contributed by atoms with Gasteiger partial charge in [0, 0.05) is 25.9 Å². The van der Waals surface area contributed by atoms with Gasteiger partial charge >= 0.3 is 0 Å². The second kappa shape index (κ2) is 6.06. The molecule has 0 atom stereocenters. The highest BCUT2D eigenvalue weighted by atomic mass is 35.5. The van der Waals surface area contributed by atoms with Crippen LogP contribution in [0, 0.1) is 20.8 Å². The second-order valence-electron chi connectivity index (χ2n) is 4.57. The van der Waals surface area contributed by atoms with Crippen molar-refractivity contribution in [1.29, 1.82) is 0 Å². The summed E-state index contributed by atoms with van der Waals surface area (Å²) in [5, 5.41) is 0. The van der Waals surface area contributed by atoms with E-state index in [1.54, 1.807) is 4.90 Å². The van der Waals surface area contributed by atoms with Gasteiger partial charge in [0.2, 0.25) is 5.91 Å². The van der Waals surface area contributed by atoms with Crippen LogP contribution < -0.4 is 0 Å². The molecule has 0 aromatic heterocycles. The number of carbonyl (C=O) groups excluding carboxylic acids is 1. The smallest absolute Gasteiger partial charge is 0.223 e. The van der Waals surface area contributed by atoms with Gasteiger partial charge in [0.25, 0.3) is 0 Å². The second-order valence-corrected chi connectivity index (χ2v) is 4.94. The number of nitrogens with zero attached hydrogens (tertiary/aromatic N) is 1. The Labute approximate surface area is 109 Å². The average Bonchev–Trinajstić information content (AvgIpc) is 2.23. The third-order valence-electron chi connectivity index (χ3n) is 2.97. The van der Waals surface area contributed by atoms with Gasteiger partial charge in [-0.15, -0.1) is 11.6 Å². The van der Waals surface area contributed by atoms with Gasteiger partial charge in [-0.3, -0.25) is 4.79 Å². The fourth-order valence-electron chi connectivity index (χ4n) is 2.06. The van der Waals surface area contributed by atoms with Gasteiger partial charge in [0.15, 0.2) is 0 Å². The zero-order valence-corrected chi connectivity index (χ0v) is 11.8. The highest BCUT2D eigenvalue weighted by molar-refractivity contribution is 6.18. The molecule has 17 heavy (non-hydrogen) atoms. The Balaban J connectivity index is 2.85. The Morgan fingerprint density at radius 2 is 1.76 bits per heavy atom. The van der Waals surface area contributed by atoms with Crippen LogP contribution in [0.5, 0.6) is 0 Å². The summed E-state index contributed by atoms with van der Waals surface area (Å²) in [5.74, 6) is 0.481. The van der Waals surface area contributed by atoms with Gasteiger partial charge in [0.05, 0.1) is 0 Å². The largest absolute Gasteiger partial charge is 0.341 e. The van der Waals surface area contributed by atoms with Gasteiger partial charge in [-0.25, -0.2) is 0 Å². The monoisotopic (exact) mass is 253 g/mol. The standard InChI is InChI=1S/C14H20ClNO/c1-10-7-11(2)13(12(3)8-10)9-16(4)14(17)5-6-15/h7-8H,5-6,9H2,1-4H3. The van der Waals surface area contributed by atoms with Crippen LogP contribution in [-0.2, 0) is 11.3 Å². The molecule has 0 bridgehead atoms. The molecule has 1 aromatic carbocycles. The molecule has 0 saturated heterocycles. The third kappa shape index (κ3) is 3.74. The number of hydrogen-bond acceptors (Lipinski definition) is 1. The Hall–Kier alpha value is -1.02. The lowest BCUT2D eigenvalue weighted by atomic mass is 9.99. The van der Waals surface area contributed by atoms with Gasteiger partial charge < -0.3 is 4.90 Å². The van der Waals surface area contributed by atoms with Crippen LogP contribution in [0.2, 0.25) is 0 Å². The van der Waals surface area contributed by atoms with Crippen molar-refractivity contribution < 1.29 is 4.79 Å². The Morgan fingerprint density at radius 3 is 2.24 bits per heavy atom. The van der Waals surface area contributed by atoms with Gasteiger partial charge in [-0.05, 0) is 37.5 Å². The first-order chi connectivity index (χ1) is 7.95. The Bertz CT molecular complexity index is 392. The lowest BCUT2D eigenvalue weighted by Gasteiger charge is -2.20. The van der Waals surface area contributed by atoms with E-state index in [1.807, 2.05) is 7.05 Å². The highest BCUT2D eigenvalue weighted by Gasteiger charge is 2.11. The van der Waals surface area contributed by atoms with Crippen LogP contribution in [0.15, 0.2) is 12.1 Å². The number of aryl methyl sites for hydroxylation is 3. The minimum Gasteiger partial charge on any atom is -0.341 e. The fraction of sp³-hybridized carbons (Fsp3) is 0.500. The molecule has 0 N–H and O–H groups in total. The summed E-state index contributed by atoms with van der Waals surface area (Å²) in [6.07, 6.45) is 0.405. The molecule has 1 amide bonds. The number of carbonyl (C=O) groups is 1. The maximum absolute atomic E-state index is 11.7. The molecule has 0 saturated carbocycles. The zero-order chi connectivity index (χ0) is 13.0. The summed E-state index contributed by atoms with van der Waals surface area (Å²) < 4.78 is 0. The van der Waals surface area contributed by atoms with Crippen LogP contribution in [0.3, 0.4) is 0 Å². The van der Waals surface area contributed by atoms with Crippen LogP contribution in [0.4, 0.5) is 0 Å². The quantitative estimate of drug-likeness (QED) is 0.755. The molecule has 2 nitrogen and oxygen atoms in total. The van der Waals surface area contributed by atoms with Crippen LogP contribution in [0.1, 0.15) is 28.7 Å². The number of amides is 1. The summed E-state index contributed by atoms with van der Waals surface area (Å²) in [7, 11) is 1.83. The summed E-state index contributed by atoms with van der Waals surface area (Å²) in [6, 6.07) is 4.31. The number of alkyl halides is 1. The zero-order valence-electron chi connectivity index (χ0n) is 11.0. The van der Waals surface area contributed by atoms with Crippen molar-refractivity contribution in [2.24, 2.45) is 0 Å². The van der Waals surface area contributed by atoms with Crippen molar-refractivity contribution in [2.75, 3.05) is 12.9 Å². The third-order valence-corrected chi connectivity index (χ3v) is 3.16. The first-order valence-corrected chi connectivity index (χ1v) is 6.35. The van der Waals surface area contributed by atoms with Crippen LogP contribution in [-0.4, -0.2) is 23.7 Å². The van der Waals surface area contributed by atoms with Gasteiger partial charge in [-0.2, -0.15) is 0 Å². The van der Waals surface area contributed by atoms with E-state index in [0.717, 1.165) is 0 Å². The molecule has 3 heteroatoms. The molecule has 1 rings (SSSR count). The van der Waals surface area contributed by atoms with E-state index in [1.165, 1.54) is 22.3 Å². The Morgan fingerprint density at radius 1 is 1.24 bits per heavy atom. The van der Waals surface area contributed by atoms with E-state index in [-0.39, 0.29) is 5.91 Å². The molecule has 1 aromatic rings. The minimum atomic E-state index is 0.0966. The number of rotatable bonds is 4. The number of halogens is 1. The molecule has 94 valence electrons. The van der Waals surface area contributed by atoms with E-state index < -0.39 is 0 Å². The first kappa shape index (κ1) is 14.0. The lowest BCUT2D eigenvalue weighted by molar-refractivity contribution is -0.129. The van der Waals surface area contributed by atoms with Crippen molar-refractivity contribution in [3.63, 3.8) is 0 Å². The number of hydrogen-bond donors (Lipinski definition) is 0. The van der Waals surface area contributed by atoms with Crippen molar-refractivity contribution in [2.45, 2.75) is 33.7 Å². The van der Waals surface area contributed by atoms with E-state index >= 15 is 0 Å². The van der Waals surface area contributed by atoms with Crippen molar-refractivity contribution >= 4 is 17.5 Å². The summed E-state index contributed by atoms with van der Waals surface area (Å²) in [5.41, 5.74) is 4.99. The maximum Gasteiger partial charge on any atom is 0.223 e. The maximum atomic E-state index is 11.7. The van der Waals surface area contributed by atoms with E-state index in [9.17, 15) is 4.79 Å². The topological polar surface area (TPSA) is 20.3 Å². The van der Waals surface area contributed by atoms with Gasteiger partial charge in [0.1, 0.15) is 0 Å². The highest BCUT2D eigenvalue weighted by Crippen LogP contribution is 2.18. The Kier molecular flexibility index (Phi) is 5.01. The van der Waals surface area contributed by atoms with E-state index in [4.69, 9.17) is 11.6 Å². The van der Waals surface area contributed by atoms with Crippen molar-refractivity contribution in [1.82, 2.24) is 4.90 Å². The van der Waals surface area contributed by atoms with Crippen molar-refractivity contribution in [3.8, 4) is 0 Å². The molecule has 0 aliphatic heterocycles. The summed E-state index contributed by atoms with van der Waals surface area (Å²) >= 11 is 5.58. The molecular formula is C14H20ClNO. The van der Waals surface area contributed by atoms with E-state index in [0.29, 0.717) is 18.8 Å². The molecule has 0 radical (unpaired) electrons. The predicted molar refractivity (Wildman–Crippen MR) is 72.5 cm³/mol. The molecular weight excluding hydrogens is 234 g/mol. The van der Waals surface area contributed by atoms with Crippen LogP contribution >= 0.6 is 11.6 Å². The van der Waals surface area contributed by atoms with Gasteiger partial charge in [-0.1, -0.05) is 17.7 Å². The normalized spacial score (nSPS) is 10.4. The van der Waals surface area contributed by atoms with E-state index in [2.05, 4.69) is 32.9 Å². The molecule has 0 aliphatic carbocycles. The SMILES string of the molecule is Cc1cc(C)c(CN(C)C(=O)CCCl)c(C)c1. The molecule has 0 spiro atoms. The summed E-state index contributed by atoms with van der Waals surface area (Å²) in [6.45, 7) is 6.93. The molecule has 0 unspecified atom stereocenters. The fourth-order valence-corrected chi connectivity index (χ4v) is 2.22. The van der Waals surface area contributed by atoms with Crippen molar-refractivity contribution in [3.05, 3.63) is 34.4 Å². The predicted octanol–water partition coefficient (Wildman–Crippen LogP) is 3.20. The minimum absolute atomic E-state index is 0.0966. The van der Waals surface area contributed by atoms with Crippen LogP contribution in [0.25, 0.3) is 0 Å². The molecule has 0 heterocycles. The molecule has 0 fully saturated rings. The first-order valence-electron chi connectivity index (χ1n) is 5.82. The molecule has 0 aliphatic rings. The summed E-state index contributed by atoms with van der Waals surface area (Å²) in [4.78, 5) is 13.4. The lowest BCUT2D eigenvalue weighted by Crippen LogP contribution is -2.27. The number of benzene rings is 1.